The Morgan fingerprint density at radius 1 is 1.42 bits per heavy atom. The van der Waals surface area contributed by atoms with Gasteiger partial charge in [0, 0.05) is 12.7 Å². The van der Waals surface area contributed by atoms with E-state index >= 15 is 0 Å². The van der Waals surface area contributed by atoms with Gasteiger partial charge in [-0.05, 0) is 31.2 Å². The van der Waals surface area contributed by atoms with Crippen molar-refractivity contribution in [1.29, 1.82) is 0 Å². The van der Waals surface area contributed by atoms with Crippen molar-refractivity contribution in [2.24, 2.45) is 4.99 Å². The predicted octanol–water partition coefficient (Wildman–Crippen LogP) is 2.96. The van der Waals surface area contributed by atoms with E-state index in [-0.39, 0.29) is 18.3 Å². The highest BCUT2D eigenvalue weighted by molar-refractivity contribution is 8.14. The summed E-state index contributed by atoms with van der Waals surface area (Å²) in [5.74, 6) is 1.73. The molecule has 1 amide bonds. The SMILES string of the molecule is CCOc1ccc(N(C(C)=O)C2=NCCS2)cc1.Cl. The summed E-state index contributed by atoms with van der Waals surface area (Å²) in [7, 11) is 0. The number of aliphatic imine (C=N–C) groups is 1. The Morgan fingerprint density at radius 3 is 2.58 bits per heavy atom. The zero-order valence-corrected chi connectivity index (χ0v) is 12.6. The number of carbonyl (C=O) groups is 1. The minimum atomic E-state index is -0.0210. The molecule has 0 fully saturated rings. The van der Waals surface area contributed by atoms with Gasteiger partial charge < -0.3 is 4.74 Å². The Hall–Kier alpha value is -1.20. The van der Waals surface area contributed by atoms with Gasteiger partial charge in [0.05, 0.1) is 18.8 Å². The second-order valence-corrected chi connectivity index (χ2v) is 4.86. The zero-order chi connectivity index (χ0) is 13.0. The summed E-state index contributed by atoms with van der Waals surface area (Å²) in [6, 6.07) is 7.51. The monoisotopic (exact) mass is 300 g/mol. The highest BCUT2D eigenvalue weighted by atomic mass is 35.5. The molecule has 19 heavy (non-hydrogen) atoms. The summed E-state index contributed by atoms with van der Waals surface area (Å²) < 4.78 is 5.39. The average Bonchev–Trinajstić information content (AvgIpc) is 2.85. The second kappa shape index (κ2) is 7.40. The number of thioether (sulfide) groups is 1. The highest BCUT2D eigenvalue weighted by Gasteiger charge is 2.21. The third-order valence-electron chi connectivity index (χ3n) is 2.48. The standard InChI is InChI=1S/C13H16N2O2S.ClH/c1-3-17-12-6-4-11(5-7-12)15(10(2)16)13-14-8-9-18-13;/h4-7H,3,8-9H2,1-2H3;1H. The first-order valence-electron chi connectivity index (χ1n) is 5.93. The summed E-state index contributed by atoms with van der Waals surface area (Å²) in [5, 5.41) is 0.784. The Morgan fingerprint density at radius 2 is 2.11 bits per heavy atom. The summed E-state index contributed by atoms with van der Waals surface area (Å²) in [5.41, 5.74) is 0.833. The van der Waals surface area contributed by atoms with E-state index in [0.29, 0.717) is 6.61 Å². The fourth-order valence-corrected chi connectivity index (χ4v) is 2.65. The normalized spacial score (nSPS) is 13.5. The van der Waals surface area contributed by atoms with E-state index in [2.05, 4.69) is 4.99 Å². The van der Waals surface area contributed by atoms with Crippen LogP contribution in [0.5, 0.6) is 5.75 Å². The molecule has 1 aliphatic heterocycles. The summed E-state index contributed by atoms with van der Waals surface area (Å²) in [4.78, 5) is 17.7. The number of amides is 1. The third-order valence-corrected chi connectivity index (χ3v) is 3.44. The molecule has 2 rings (SSSR count). The Labute approximate surface area is 123 Å². The van der Waals surface area contributed by atoms with Crippen LogP contribution < -0.4 is 9.64 Å². The van der Waals surface area contributed by atoms with Crippen LogP contribution in [-0.2, 0) is 4.79 Å². The van der Waals surface area contributed by atoms with Crippen molar-refractivity contribution in [3.63, 3.8) is 0 Å². The van der Waals surface area contributed by atoms with Gasteiger partial charge in [0.1, 0.15) is 5.75 Å². The Bertz CT molecular complexity index is 462. The number of anilines is 1. The van der Waals surface area contributed by atoms with Gasteiger partial charge in [-0.25, -0.2) is 0 Å². The first-order valence-corrected chi connectivity index (χ1v) is 6.91. The average molecular weight is 301 g/mol. The van der Waals surface area contributed by atoms with Crippen LogP contribution in [0.25, 0.3) is 0 Å². The molecule has 0 atom stereocenters. The van der Waals surface area contributed by atoms with E-state index in [4.69, 9.17) is 4.74 Å². The van der Waals surface area contributed by atoms with E-state index < -0.39 is 0 Å². The number of hydrogen-bond donors (Lipinski definition) is 0. The van der Waals surface area contributed by atoms with Crippen LogP contribution in [0.4, 0.5) is 5.69 Å². The molecule has 0 aliphatic carbocycles. The van der Waals surface area contributed by atoms with Crippen molar-refractivity contribution in [2.75, 3.05) is 23.8 Å². The minimum absolute atomic E-state index is 0. The number of ether oxygens (including phenoxy) is 1. The van der Waals surface area contributed by atoms with E-state index in [1.54, 1.807) is 23.6 Å². The van der Waals surface area contributed by atoms with Crippen LogP contribution in [0, 0.1) is 0 Å². The van der Waals surface area contributed by atoms with E-state index in [0.717, 1.165) is 28.9 Å². The zero-order valence-electron chi connectivity index (χ0n) is 11.0. The van der Waals surface area contributed by atoms with Crippen LogP contribution in [0.2, 0.25) is 0 Å². The second-order valence-electron chi connectivity index (χ2n) is 3.79. The van der Waals surface area contributed by atoms with Crippen LogP contribution in [-0.4, -0.2) is 30.0 Å². The first kappa shape index (κ1) is 15.9. The molecule has 0 N–H and O–H groups in total. The lowest BCUT2D eigenvalue weighted by Gasteiger charge is -2.20. The number of amidine groups is 1. The largest absolute Gasteiger partial charge is 0.494 e. The number of benzene rings is 1. The summed E-state index contributed by atoms with van der Waals surface area (Å²) in [6.45, 7) is 4.91. The predicted molar refractivity (Wildman–Crippen MR) is 82.8 cm³/mol. The van der Waals surface area contributed by atoms with Crippen molar-refractivity contribution in [3.05, 3.63) is 24.3 Å². The van der Waals surface area contributed by atoms with Crippen molar-refractivity contribution < 1.29 is 9.53 Å². The maximum atomic E-state index is 11.7. The van der Waals surface area contributed by atoms with Crippen molar-refractivity contribution >= 4 is 40.9 Å². The fourth-order valence-electron chi connectivity index (χ4n) is 1.74. The molecule has 0 spiro atoms. The molecule has 0 saturated carbocycles. The molecule has 1 heterocycles. The highest BCUT2D eigenvalue weighted by Crippen LogP contribution is 2.25. The lowest BCUT2D eigenvalue weighted by atomic mass is 10.3. The van der Waals surface area contributed by atoms with Crippen molar-refractivity contribution in [2.45, 2.75) is 13.8 Å². The minimum Gasteiger partial charge on any atom is -0.494 e. The van der Waals surface area contributed by atoms with Gasteiger partial charge >= 0.3 is 0 Å². The molecule has 0 aromatic heterocycles. The molecule has 1 aromatic rings. The Balaban J connectivity index is 0.00000180. The number of hydrogen-bond acceptors (Lipinski definition) is 4. The van der Waals surface area contributed by atoms with Gasteiger partial charge in [-0.2, -0.15) is 0 Å². The molecule has 0 saturated heterocycles. The number of carbonyl (C=O) groups excluding carboxylic acids is 1. The van der Waals surface area contributed by atoms with Crippen LogP contribution in [0.3, 0.4) is 0 Å². The maximum Gasteiger partial charge on any atom is 0.230 e. The van der Waals surface area contributed by atoms with Gasteiger partial charge in [0.15, 0.2) is 5.17 Å². The summed E-state index contributed by atoms with van der Waals surface area (Å²) in [6.07, 6.45) is 0. The smallest absolute Gasteiger partial charge is 0.230 e. The third kappa shape index (κ3) is 3.88. The molecule has 0 radical (unpaired) electrons. The Kier molecular flexibility index (Phi) is 6.18. The van der Waals surface area contributed by atoms with Crippen molar-refractivity contribution in [1.82, 2.24) is 0 Å². The summed E-state index contributed by atoms with van der Waals surface area (Å²) >= 11 is 1.61. The van der Waals surface area contributed by atoms with Gasteiger partial charge in [0.2, 0.25) is 5.91 Å². The van der Waals surface area contributed by atoms with E-state index in [1.807, 2.05) is 31.2 Å². The molecule has 104 valence electrons. The maximum absolute atomic E-state index is 11.7. The van der Waals surface area contributed by atoms with Gasteiger partial charge in [-0.1, -0.05) is 11.8 Å². The van der Waals surface area contributed by atoms with E-state index in [9.17, 15) is 4.79 Å². The molecular formula is C13H17ClN2O2S. The molecular weight excluding hydrogens is 284 g/mol. The van der Waals surface area contributed by atoms with Gasteiger partial charge in [0.25, 0.3) is 0 Å². The van der Waals surface area contributed by atoms with Gasteiger partial charge in [-0.3, -0.25) is 14.7 Å². The van der Waals surface area contributed by atoms with Crippen LogP contribution >= 0.6 is 24.2 Å². The van der Waals surface area contributed by atoms with E-state index in [1.165, 1.54) is 0 Å². The van der Waals surface area contributed by atoms with Crippen molar-refractivity contribution in [3.8, 4) is 5.75 Å². The quantitative estimate of drug-likeness (QED) is 0.862. The molecule has 0 unspecified atom stereocenters. The molecule has 6 heteroatoms. The first-order chi connectivity index (χ1) is 8.72. The van der Waals surface area contributed by atoms with Gasteiger partial charge in [-0.15, -0.1) is 12.4 Å². The van der Waals surface area contributed by atoms with Crippen LogP contribution in [0.1, 0.15) is 13.8 Å². The molecule has 4 nitrogen and oxygen atoms in total. The number of rotatable bonds is 3. The lowest BCUT2D eigenvalue weighted by Crippen LogP contribution is -2.32. The molecule has 1 aliphatic rings. The topological polar surface area (TPSA) is 41.9 Å². The fraction of sp³-hybridized carbons (Fsp3) is 0.385. The lowest BCUT2D eigenvalue weighted by molar-refractivity contribution is -0.115. The molecule has 0 bridgehead atoms. The number of halogens is 1. The molecule has 1 aromatic carbocycles. The number of nitrogens with zero attached hydrogens (tertiary/aromatic N) is 2. The van der Waals surface area contributed by atoms with Crippen LogP contribution in [0.15, 0.2) is 29.3 Å².